The van der Waals surface area contributed by atoms with Crippen molar-refractivity contribution < 1.29 is 8.42 Å². The molecule has 0 bridgehead atoms. The first-order valence-electron chi connectivity index (χ1n) is 3.76. The minimum Gasteiger partial charge on any atom is -0.271 e. The Morgan fingerprint density at radius 3 is 2.64 bits per heavy atom. The molecule has 0 aliphatic rings. The van der Waals surface area contributed by atoms with Gasteiger partial charge in [0.1, 0.15) is 9.84 Å². The minimum atomic E-state index is -2.91. The highest BCUT2D eigenvalue weighted by atomic mass is 35.5. The van der Waals surface area contributed by atoms with Crippen molar-refractivity contribution in [3.63, 3.8) is 0 Å². The summed E-state index contributed by atoms with van der Waals surface area (Å²) in [5.74, 6) is 0.509. The fraction of sp³-hybridized carbons (Fsp3) is 0.571. The van der Waals surface area contributed by atoms with Crippen molar-refractivity contribution >= 4 is 33.8 Å². The molecule has 4 nitrogen and oxygen atoms in total. The summed E-state index contributed by atoms with van der Waals surface area (Å²) in [4.78, 5) is 0. The lowest BCUT2D eigenvalue weighted by Crippen LogP contribution is -2.11. The van der Waals surface area contributed by atoms with Gasteiger partial charge in [0.15, 0.2) is 0 Å². The van der Waals surface area contributed by atoms with Gasteiger partial charge in [-0.2, -0.15) is 5.10 Å². The molecule has 0 fully saturated rings. The number of rotatable bonds is 4. The predicted octanol–water partition coefficient (Wildman–Crippen LogP) is 1.09. The Kier molecular flexibility index (Phi) is 5.48. The first kappa shape index (κ1) is 13.7. The quantitative estimate of drug-likeness (QED) is 0.760. The van der Waals surface area contributed by atoms with Crippen LogP contribution in [0.25, 0.3) is 0 Å². The molecule has 0 saturated heterocycles. The van der Waals surface area contributed by atoms with Gasteiger partial charge in [0.25, 0.3) is 0 Å². The van der Waals surface area contributed by atoms with E-state index in [1.54, 1.807) is 17.1 Å². The van der Waals surface area contributed by atoms with Gasteiger partial charge in [-0.15, -0.1) is 24.0 Å². The summed E-state index contributed by atoms with van der Waals surface area (Å²) in [7, 11) is -2.91. The van der Waals surface area contributed by atoms with E-state index in [4.69, 9.17) is 11.6 Å². The molecule has 0 aliphatic carbocycles. The van der Waals surface area contributed by atoms with Crippen molar-refractivity contribution in [2.24, 2.45) is 0 Å². The highest BCUT2D eigenvalue weighted by molar-refractivity contribution is 7.90. The monoisotopic (exact) mass is 258 g/mol. The van der Waals surface area contributed by atoms with E-state index < -0.39 is 9.84 Å². The molecule has 0 aromatic carbocycles. The summed E-state index contributed by atoms with van der Waals surface area (Å²) >= 11 is 5.56. The molecule has 7 heteroatoms. The van der Waals surface area contributed by atoms with Crippen molar-refractivity contribution in [3.8, 4) is 0 Å². The van der Waals surface area contributed by atoms with Gasteiger partial charge in [-0.25, -0.2) is 8.42 Å². The van der Waals surface area contributed by atoms with Crippen LogP contribution in [-0.2, 0) is 22.3 Å². The van der Waals surface area contributed by atoms with Crippen LogP contribution in [-0.4, -0.2) is 30.2 Å². The number of nitrogens with zero attached hydrogens (tertiary/aromatic N) is 2. The molecule has 0 saturated carbocycles. The summed E-state index contributed by atoms with van der Waals surface area (Å²) < 4.78 is 23.2. The topological polar surface area (TPSA) is 52.0 Å². The maximum atomic E-state index is 10.8. The van der Waals surface area contributed by atoms with Crippen LogP contribution >= 0.6 is 24.0 Å². The van der Waals surface area contributed by atoms with Gasteiger partial charge < -0.3 is 0 Å². The second-order valence-electron chi connectivity index (χ2n) is 2.88. The zero-order valence-corrected chi connectivity index (χ0v) is 10.1. The lowest BCUT2D eigenvalue weighted by Gasteiger charge is -1.98. The molecule has 0 unspecified atom stereocenters. The number of aromatic nitrogens is 2. The third kappa shape index (κ3) is 4.83. The Balaban J connectivity index is 0.00000169. The van der Waals surface area contributed by atoms with Crippen LogP contribution in [0.15, 0.2) is 12.4 Å². The van der Waals surface area contributed by atoms with Crippen LogP contribution in [0, 0.1) is 0 Å². The van der Waals surface area contributed by atoms with Crippen LogP contribution in [0.5, 0.6) is 0 Å². The van der Waals surface area contributed by atoms with Crippen LogP contribution in [0.4, 0.5) is 0 Å². The van der Waals surface area contributed by atoms with Gasteiger partial charge in [-0.3, -0.25) is 4.68 Å². The molecule has 0 amide bonds. The third-order valence-electron chi connectivity index (χ3n) is 1.53. The van der Waals surface area contributed by atoms with E-state index in [0.29, 0.717) is 12.4 Å². The summed E-state index contributed by atoms with van der Waals surface area (Å²) in [5.41, 5.74) is 0.898. The van der Waals surface area contributed by atoms with E-state index in [2.05, 4.69) is 5.10 Å². The van der Waals surface area contributed by atoms with Crippen LogP contribution < -0.4 is 0 Å². The molecule has 0 aliphatic heterocycles. The molecular weight excluding hydrogens is 247 g/mol. The molecule has 0 spiro atoms. The smallest absolute Gasteiger partial charge is 0.149 e. The summed E-state index contributed by atoms with van der Waals surface area (Å²) in [6, 6.07) is 0. The Bertz CT molecular complexity index is 375. The standard InChI is InChI=1S/C7H11ClN2O2S.ClH/c1-13(11,12)3-2-10-6-7(4-8)5-9-10;/h5-6H,2-4H2,1H3;1H. The largest absolute Gasteiger partial charge is 0.271 e. The van der Waals surface area contributed by atoms with Gasteiger partial charge >= 0.3 is 0 Å². The lowest BCUT2D eigenvalue weighted by molar-refractivity contribution is 0.586. The second kappa shape index (κ2) is 5.58. The molecule has 1 heterocycles. The first-order chi connectivity index (χ1) is 6.01. The van der Waals surface area contributed by atoms with E-state index in [1.165, 1.54) is 6.26 Å². The lowest BCUT2D eigenvalue weighted by atomic mass is 10.4. The van der Waals surface area contributed by atoms with E-state index >= 15 is 0 Å². The van der Waals surface area contributed by atoms with E-state index in [9.17, 15) is 8.42 Å². The fourth-order valence-electron chi connectivity index (χ4n) is 0.857. The zero-order valence-electron chi connectivity index (χ0n) is 7.68. The van der Waals surface area contributed by atoms with Crippen molar-refractivity contribution in [2.75, 3.05) is 12.0 Å². The molecule has 82 valence electrons. The Morgan fingerprint density at radius 2 is 2.21 bits per heavy atom. The van der Waals surface area contributed by atoms with E-state index in [-0.39, 0.29) is 18.2 Å². The highest BCUT2D eigenvalue weighted by Gasteiger charge is 2.03. The Hall–Kier alpha value is -0.260. The van der Waals surface area contributed by atoms with Gasteiger partial charge in [-0.1, -0.05) is 0 Å². The maximum absolute atomic E-state index is 10.8. The van der Waals surface area contributed by atoms with Crippen molar-refractivity contribution in [1.29, 1.82) is 0 Å². The van der Waals surface area contributed by atoms with Gasteiger partial charge in [0.05, 0.1) is 24.4 Å². The molecule has 1 aromatic rings. The highest BCUT2D eigenvalue weighted by Crippen LogP contribution is 2.01. The molecule has 0 radical (unpaired) electrons. The number of aryl methyl sites for hydroxylation is 1. The van der Waals surface area contributed by atoms with E-state index in [1.807, 2.05) is 0 Å². The van der Waals surface area contributed by atoms with Gasteiger partial charge in [0, 0.05) is 18.0 Å². The third-order valence-corrected chi connectivity index (χ3v) is 2.76. The fourth-order valence-corrected chi connectivity index (χ4v) is 1.51. The summed E-state index contributed by atoms with van der Waals surface area (Å²) in [6.45, 7) is 0.385. The summed E-state index contributed by atoms with van der Waals surface area (Å²) in [5, 5.41) is 3.96. The number of halogens is 2. The van der Waals surface area contributed by atoms with Crippen LogP contribution in [0.3, 0.4) is 0 Å². The van der Waals surface area contributed by atoms with Crippen molar-refractivity contribution in [2.45, 2.75) is 12.4 Å². The molecule has 1 rings (SSSR count). The Labute approximate surface area is 94.6 Å². The number of sulfone groups is 1. The number of hydrogen-bond donors (Lipinski definition) is 0. The SMILES string of the molecule is CS(=O)(=O)CCn1cc(CCl)cn1.Cl. The maximum Gasteiger partial charge on any atom is 0.149 e. The molecular formula is C7H12Cl2N2O2S. The normalized spacial score (nSPS) is 11.0. The molecule has 14 heavy (non-hydrogen) atoms. The van der Waals surface area contributed by atoms with Crippen molar-refractivity contribution in [3.05, 3.63) is 18.0 Å². The molecule has 0 N–H and O–H groups in total. The minimum absolute atomic E-state index is 0. The van der Waals surface area contributed by atoms with E-state index in [0.717, 1.165) is 5.56 Å². The first-order valence-corrected chi connectivity index (χ1v) is 6.36. The van der Waals surface area contributed by atoms with Gasteiger partial charge in [0.2, 0.25) is 0 Å². The van der Waals surface area contributed by atoms with Crippen molar-refractivity contribution in [1.82, 2.24) is 9.78 Å². The van der Waals surface area contributed by atoms with Crippen LogP contribution in [0.1, 0.15) is 5.56 Å². The zero-order chi connectivity index (χ0) is 9.90. The molecule has 1 aromatic heterocycles. The number of hydrogen-bond acceptors (Lipinski definition) is 3. The average Bonchev–Trinajstić information content (AvgIpc) is 2.47. The molecule has 0 atom stereocenters. The summed E-state index contributed by atoms with van der Waals surface area (Å²) in [6.07, 6.45) is 4.59. The average molecular weight is 259 g/mol. The van der Waals surface area contributed by atoms with Crippen LogP contribution in [0.2, 0.25) is 0 Å². The second-order valence-corrected chi connectivity index (χ2v) is 5.40. The van der Waals surface area contributed by atoms with Gasteiger partial charge in [-0.05, 0) is 0 Å². The predicted molar refractivity (Wildman–Crippen MR) is 58.7 cm³/mol. The number of alkyl halides is 1. The Morgan fingerprint density at radius 1 is 1.57 bits per heavy atom.